The Kier molecular flexibility index (Phi) is 5.77. The molecule has 0 bridgehead atoms. The maximum absolute atomic E-state index is 4.37. The van der Waals surface area contributed by atoms with E-state index in [2.05, 4.69) is 43.0 Å². The van der Waals surface area contributed by atoms with Crippen molar-refractivity contribution in [3.05, 3.63) is 18.0 Å². The lowest BCUT2D eigenvalue weighted by molar-refractivity contribution is 0.640. The summed E-state index contributed by atoms with van der Waals surface area (Å²) < 4.78 is 0. The Hall–Kier alpha value is -0.610. The van der Waals surface area contributed by atoms with Crippen LogP contribution in [0.5, 0.6) is 0 Å². The Morgan fingerprint density at radius 1 is 1.25 bits per heavy atom. The first-order chi connectivity index (χ1) is 7.63. The van der Waals surface area contributed by atoms with E-state index in [4.69, 9.17) is 0 Å². The molecule has 0 fully saturated rings. The number of aromatic nitrogens is 2. The van der Waals surface area contributed by atoms with Gasteiger partial charge in [0.1, 0.15) is 0 Å². The van der Waals surface area contributed by atoms with Crippen molar-refractivity contribution in [2.75, 3.05) is 6.54 Å². The van der Waals surface area contributed by atoms with Crippen LogP contribution < -0.4 is 5.32 Å². The summed E-state index contributed by atoms with van der Waals surface area (Å²) in [5, 5.41) is 4.69. The van der Waals surface area contributed by atoms with E-state index in [1.807, 2.05) is 12.4 Å². The molecule has 0 amide bonds. The van der Waals surface area contributed by atoms with Crippen molar-refractivity contribution >= 4 is 11.8 Å². The van der Waals surface area contributed by atoms with Gasteiger partial charge in [0.25, 0.3) is 0 Å². The zero-order chi connectivity index (χ0) is 12.0. The van der Waals surface area contributed by atoms with Crippen LogP contribution in [0.25, 0.3) is 0 Å². The summed E-state index contributed by atoms with van der Waals surface area (Å²) in [5.41, 5.74) is 1.14. The Morgan fingerprint density at radius 3 is 2.38 bits per heavy atom. The first-order valence-corrected chi connectivity index (χ1v) is 6.69. The molecule has 0 aromatic carbocycles. The fraction of sp³-hybridized carbons (Fsp3) is 0.667. The molecule has 1 atom stereocenters. The van der Waals surface area contributed by atoms with Gasteiger partial charge in [0.15, 0.2) is 5.16 Å². The van der Waals surface area contributed by atoms with E-state index in [0.29, 0.717) is 11.2 Å². The fourth-order valence-corrected chi connectivity index (χ4v) is 1.90. The molecule has 0 saturated heterocycles. The number of rotatable bonds is 6. The normalized spacial score (nSPS) is 13.1. The molecule has 16 heavy (non-hydrogen) atoms. The number of nitrogens with one attached hydrogen (secondary N) is 1. The lowest BCUT2D eigenvalue weighted by atomic mass is 10.2. The van der Waals surface area contributed by atoms with Gasteiger partial charge in [-0.05, 0) is 12.5 Å². The van der Waals surface area contributed by atoms with Crippen LogP contribution in [-0.4, -0.2) is 21.8 Å². The molecule has 0 aliphatic carbocycles. The van der Waals surface area contributed by atoms with E-state index in [1.54, 1.807) is 11.8 Å². The Labute approximate surface area is 102 Å². The van der Waals surface area contributed by atoms with Crippen molar-refractivity contribution in [2.24, 2.45) is 5.92 Å². The minimum absolute atomic E-state index is 0.555. The van der Waals surface area contributed by atoms with Gasteiger partial charge in [0, 0.05) is 29.8 Å². The highest BCUT2D eigenvalue weighted by atomic mass is 32.2. The number of hydrogen-bond donors (Lipinski definition) is 1. The molecule has 0 aliphatic heterocycles. The highest BCUT2D eigenvalue weighted by molar-refractivity contribution is 7.99. The van der Waals surface area contributed by atoms with Crippen LogP contribution in [0.2, 0.25) is 0 Å². The van der Waals surface area contributed by atoms with Crippen LogP contribution >= 0.6 is 11.8 Å². The smallest absolute Gasteiger partial charge is 0.187 e. The van der Waals surface area contributed by atoms with Gasteiger partial charge in [-0.25, -0.2) is 9.97 Å². The summed E-state index contributed by atoms with van der Waals surface area (Å²) in [6.07, 6.45) is 3.82. The Bertz CT molecular complexity index is 298. The topological polar surface area (TPSA) is 37.8 Å². The summed E-state index contributed by atoms with van der Waals surface area (Å²) >= 11 is 1.74. The van der Waals surface area contributed by atoms with Crippen LogP contribution in [0.3, 0.4) is 0 Å². The Balaban J connectivity index is 2.51. The van der Waals surface area contributed by atoms with Crippen molar-refractivity contribution < 1.29 is 0 Å². The molecule has 4 heteroatoms. The second-order valence-electron chi connectivity index (χ2n) is 4.22. The standard InChI is InChI=1S/C12H21N3S/c1-5-13-6-11-7-14-12(15-8-11)16-10(4)9(2)3/h7-10,13H,5-6H2,1-4H3. The van der Waals surface area contributed by atoms with Crippen molar-refractivity contribution in [3.8, 4) is 0 Å². The van der Waals surface area contributed by atoms with Gasteiger partial charge in [-0.1, -0.05) is 39.5 Å². The molecule has 1 unspecified atom stereocenters. The van der Waals surface area contributed by atoms with Gasteiger partial charge >= 0.3 is 0 Å². The molecule has 0 saturated carbocycles. The minimum atomic E-state index is 0.555. The van der Waals surface area contributed by atoms with Crippen LogP contribution in [0, 0.1) is 5.92 Å². The largest absolute Gasteiger partial charge is 0.313 e. The van der Waals surface area contributed by atoms with Crippen LogP contribution in [0.4, 0.5) is 0 Å². The second kappa shape index (κ2) is 6.86. The summed E-state index contributed by atoms with van der Waals surface area (Å²) in [6.45, 7) is 10.6. The predicted molar refractivity (Wildman–Crippen MR) is 69.6 cm³/mol. The lowest BCUT2D eigenvalue weighted by Gasteiger charge is -2.13. The SMILES string of the molecule is CCNCc1cnc(SC(C)C(C)C)nc1. The lowest BCUT2D eigenvalue weighted by Crippen LogP contribution is -2.12. The maximum Gasteiger partial charge on any atom is 0.187 e. The zero-order valence-corrected chi connectivity index (χ0v) is 11.3. The molecule has 1 aromatic heterocycles. The number of hydrogen-bond acceptors (Lipinski definition) is 4. The average Bonchev–Trinajstić information content (AvgIpc) is 2.28. The van der Waals surface area contributed by atoms with Crippen molar-refractivity contribution in [1.82, 2.24) is 15.3 Å². The van der Waals surface area contributed by atoms with E-state index >= 15 is 0 Å². The van der Waals surface area contributed by atoms with Gasteiger partial charge in [0.2, 0.25) is 0 Å². The monoisotopic (exact) mass is 239 g/mol. The zero-order valence-electron chi connectivity index (χ0n) is 10.5. The first-order valence-electron chi connectivity index (χ1n) is 5.81. The molecule has 90 valence electrons. The van der Waals surface area contributed by atoms with Gasteiger partial charge in [-0.2, -0.15) is 0 Å². The summed E-state index contributed by atoms with van der Waals surface area (Å²) in [7, 11) is 0. The first kappa shape index (κ1) is 13.5. The molecule has 1 heterocycles. The highest BCUT2D eigenvalue weighted by Gasteiger charge is 2.10. The van der Waals surface area contributed by atoms with E-state index in [1.165, 1.54) is 0 Å². The number of thioether (sulfide) groups is 1. The average molecular weight is 239 g/mol. The third-order valence-corrected chi connectivity index (χ3v) is 3.83. The van der Waals surface area contributed by atoms with Gasteiger partial charge < -0.3 is 5.32 Å². The number of nitrogens with zero attached hydrogens (tertiary/aromatic N) is 2. The van der Waals surface area contributed by atoms with Gasteiger partial charge in [-0.3, -0.25) is 0 Å². The van der Waals surface area contributed by atoms with Gasteiger partial charge in [-0.15, -0.1) is 0 Å². The predicted octanol–water partition coefficient (Wildman–Crippen LogP) is 2.72. The fourth-order valence-electron chi connectivity index (χ4n) is 1.07. The molecular weight excluding hydrogens is 218 g/mol. The second-order valence-corrected chi connectivity index (χ2v) is 5.57. The van der Waals surface area contributed by atoms with E-state index in [-0.39, 0.29) is 0 Å². The Morgan fingerprint density at radius 2 is 1.88 bits per heavy atom. The summed E-state index contributed by atoms with van der Waals surface area (Å²) in [4.78, 5) is 8.73. The quantitative estimate of drug-likeness (QED) is 0.612. The van der Waals surface area contributed by atoms with E-state index in [0.717, 1.165) is 23.8 Å². The molecule has 3 nitrogen and oxygen atoms in total. The summed E-state index contributed by atoms with van der Waals surface area (Å²) in [6, 6.07) is 0. The minimum Gasteiger partial charge on any atom is -0.313 e. The summed E-state index contributed by atoms with van der Waals surface area (Å²) in [5.74, 6) is 0.648. The maximum atomic E-state index is 4.37. The van der Waals surface area contributed by atoms with E-state index < -0.39 is 0 Å². The molecule has 1 N–H and O–H groups in total. The van der Waals surface area contributed by atoms with Crippen LogP contribution in [0.1, 0.15) is 33.3 Å². The van der Waals surface area contributed by atoms with Crippen molar-refractivity contribution in [3.63, 3.8) is 0 Å². The molecule has 0 aliphatic rings. The van der Waals surface area contributed by atoms with Crippen molar-refractivity contribution in [2.45, 2.75) is 44.6 Å². The molecule has 0 spiro atoms. The third-order valence-electron chi connectivity index (χ3n) is 2.49. The third kappa shape index (κ3) is 4.49. The highest BCUT2D eigenvalue weighted by Crippen LogP contribution is 2.24. The van der Waals surface area contributed by atoms with Crippen LogP contribution in [0.15, 0.2) is 17.6 Å². The van der Waals surface area contributed by atoms with E-state index in [9.17, 15) is 0 Å². The molecule has 1 aromatic rings. The van der Waals surface area contributed by atoms with Gasteiger partial charge in [0.05, 0.1) is 0 Å². The van der Waals surface area contributed by atoms with Crippen LogP contribution in [-0.2, 0) is 6.54 Å². The molecule has 0 radical (unpaired) electrons. The molecule has 1 rings (SSSR count). The van der Waals surface area contributed by atoms with Crippen molar-refractivity contribution in [1.29, 1.82) is 0 Å². The molecular formula is C12H21N3S.